The molecule has 61 heavy (non-hydrogen) atoms. The van der Waals surface area contributed by atoms with E-state index in [4.69, 9.17) is 15.2 Å². The molecule has 1 aromatic carbocycles. The Hall–Kier alpha value is -5.12. The molecule has 15 heteroatoms. The van der Waals surface area contributed by atoms with Crippen molar-refractivity contribution in [3.63, 3.8) is 0 Å². The molecule has 0 bridgehead atoms. The minimum atomic E-state index is -1.17. The molecule has 3 rings (SSSR count). The van der Waals surface area contributed by atoms with Crippen molar-refractivity contribution in [3.05, 3.63) is 84.2 Å². The number of methoxy groups -OCH3 is 2. The van der Waals surface area contributed by atoms with E-state index in [0.29, 0.717) is 18.8 Å². The van der Waals surface area contributed by atoms with Gasteiger partial charge in [0.2, 0.25) is 23.6 Å². The first-order chi connectivity index (χ1) is 28.9. The van der Waals surface area contributed by atoms with Crippen molar-refractivity contribution in [2.45, 2.75) is 117 Å². The number of hydrogen-bond donors (Lipinski definition) is 4. The molecule has 15 nitrogen and oxygen atoms in total. The van der Waals surface area contributed by atoms with Crippen LogP contribution in [0.5, 0.6) is 0 Å². The summed E-state index contributed by atoms with van der Waals surface area (Å²) in [6.45, 7) is 13.8. The Labute approximate surface area is 362 Å². The third-order valence-corrected chi connectivity index (χ3v) is 11.7. The molecule has 1 aromatic heterocycles. The molecule has 0 unspecified atom stereocenters. The summed E-state index contributed by atoms with van der Waals surface area (Å²) >= 11 is 0. The van der Waals surface area contributed by atoms with Crippen molar-refractivity contribution in [1.82, 2.24) is 30.3 Å². The molecule has 0 saturated carbocycles. The van der Waals surface area contributed by atoms with Gasteiger partial charge in [-0.1, -0.05) is 97.4 Å². The lowest BCUT2D eigenvalue weighted by atomic mass is 9.89. The van der Waals surface area contributed by atoms with Gasteiger partial charge in [0.15, 0.2) is 0 Å². The van der Waals surface area contributed by atoms with Crippen molar-refractivity contribution in [1.29, 1.82) is 0 Å². The number of nitrogens with two attached hydrogens (primary N) is 1. The number of pyridine rings is 1. The number of carboxylic acid groups (broad SMARTS) is 1. The number of allylic oxidation sites excluding steroid dienone is 2. The van der Waals surface area contributed by atoms with Crippen LogP contribution >= 0.6 is 0 Å². The molecule has 2 heterocycles. The van der Waals surface area contributed by atoms with Crippen LogP contribution in [0.15, 0.2) is 73.1 Å². The van der Waals surface area contributed by atoms with E-state index in [1.165, 1.54) is 19.1 Å². The average molecular weight is 848 g/mol. The molecule has 1 aliphatic heterocycles. The molecule has 0 saturated heterocycles. The number of benzene rings is 1. The topological polar surface area (TPSA) is 197 Å². The van der Waals surface area contributed by atoms with E-state index in [1.807, 2.05) is 65.6 Å². The SMILES string of the molecule is CC[C@H](C)[C@@H]([C@@H](CC(=O)N1C=CC=C[C@H]1[C@H](OC)[C@@H](C)C(=O)N[C@@H](Cc1ccccc1)C(=O)O)OC)N(C)C(=O)[C@@H](NC(=O)[C@H](C(C)C)N(C)Cc1ccnc(N)c1)C(C)C. The molecule has 1 aliphatic rings. The van der Waals surface area contributed by atoms with E-state index in [-0.39, 0.29) is 48.3 Å². The fourth-order valence-electron chi connectivity index (χ4n) is 8.14. The van der Waals surface area contributed by atoms with Gasteiger partial charge in [-0.3, -0.25) is 24.1 Å². The summed E-state index contributed by atoms with van der Waals surface area (Å²) in [5.41, 5.74) is 7.57. The summed E-state index contributed by atoms with van der Waals surface area (Å²) in [5, 5.41) is 15.7. The number of aromatic nitrogens is 1. The van der Waals surface area contributed by atoms with E-state index in [2.05, 4.69) is 15.6 Å². The fraction of sp³-hybridized carbons (Fsp3) is 0.565. The van der Waals surface area contributed by atoms with Crippen molar-refractivity contribution in [2.75, 3.05) is 34.0 Å². The van der Waals surface area contributed by atoms with Gasteiger partial charge in [0.05, 0.1) is 42.7 Å². The van der Waals surface area contributed by atoms with E-state index < -0.39 is 60.2 Å². The summed E-state index contributed by atoms with van der Waals surface area (Å²) in [4.78, 5) is 77.8. The molecular formula is C46H69N7O8. The smallest absolute Gasteiger partial charge is 0.326 e. The number of carbonyl (C=O) groups excluding carboxylic acids is 4. The minimum Gasteiger partial charge on any atom is -0.480 e. The summed E-state index contributed by atoms with van der Waals surface area (Å²) < 4.78 is 11.9. The number of carboxylic acids is 1. The number of nitrogens with zero attached hydrogens (tertiary/aromatic N) is 4. The van der Waals surface area contributed by atoms with E-state index in [9.17, 15) is 29.1 Å². The molecule has 4 amide bonds. The Morgan fingerprint density at radius 3 is 2.13 bits per heavy atom. The van der Waals surface area contributed by atoms with Gasteiger partial charge in [0.25, 0.3) is 0 Å². The maximum Gasteiger partial charge on any atom is 0.326 e. The van der Waals surface area contributed by atoms with E-state index in [1.54, 1.807) is 79.8 Å². The average Bonchev–Trinajstić information content (AvgIpc) is 3.22. The van der Waals surface area contributed by atoms with E-state index in [0.717, 1.165) is 11.1 Å². The number of rotatable bonds is 23. The van der Waals surface area contributed by atoms with Crippen LogP contribution in [-0.4, -0.2) is 125 Å². The highest BCUT2D eigenvalue weighted by Gasteiger charge is 2.42. The number of carbonyl (C=O) groups is 5. The molecular weight excluding hydrogens is 779 g/mol. The second kappa shape index (κ2) is 23.8. The monoisotopic (exact) mass is 848 g/mol. The quantitative estimate of drug-likeness (QED) is 0.125. The largest absolute Gasteiger partial charge is 0.480 e. The van der Waals surface area contributed by atoms with Crippen molar-refractivity contribution < 1.29 is 38.6 Å². The predicted octanol–water partition coefficient (Wildman–Crippen LogP) is 4.28. The zero-order chi connectivity index (χ0) is 45.6. The van der Waals surface area contributed by atoms with Gasteiger partial charge in [0.1, 0.15) is 17.9 Å². The van der Waals surface area contributed by atoms with Crippen LogP contribution in [0, 0.1) is 23.7 Å². The van der Waals surface area contributed by atoms with Crippen LogP contribution in [0.25, 0.3) is 0 Å². The zero-order valence-electron chi connectivity index (χ0n) is 37.8. The molecule has 0 fully saturated rings. The molecule has 9 atom stereocenters. The number of hydrogen-bond acceptors (Lipinski definition) is 10. The summed E-state index contributed by atoms with van der Waals surface area (Å²) in [6, 6.07) is 8.78. The molecule has 0 radical (unpaired) electrons. The number of aliphatic carboxylic acids is 1. The summed E-state index contributed by atoms with van der Waals surface area (Å²) in [7, 11) is 6.51. The number of nitrogen functional groups attached to an aromatic ring is 1. The second-order valence-electron chi connectivity index (χ2n) is 16.8. The number of amides is 4. The number of anilines is 1. The summed E-state index contributed by atoms with van der Waals surface area (Å²) in [6.07, 6.45) is 7.54. The van der Waals surface area contributed by atoms with Crippen LogP contribution in [0.2, 0.25) is 0 Å². The lowest BCUT2D eigenvalue weighted by molar-refractivity contribution is -0.147. The van der Waals surface area contributed by atoms with Gasteiger partial charge in [-0.15, -0.1) is 0 Å². The molecule has 5 N–H and O–H groups in total. The van der Waals surface area contributed by atoms with Crippen LogP contribution in [0.3, 0.4) is 0 Å². The predicted molar refractivity (Wildman–Crippen MR) is 236 cm³/mol. The highest BCUT2D eigenvalue weighted by Crippen LogP contribution is 2.27. The first-order valence-electron chi connectivity index (χ1n) is 21.1. The third kappa shape index (κ3) is 13.7. The van der Waals surface area contributed by atoms with Gasteiger partial charge in [-0.05, 0) is 54.1 Å². The lowest BCUT2D eigenvalue weighted by Gasteiger charge is -2.41. The number of ether oxygens (including phenoxy) is 2. The molecule has 336 valence electrons. The van der Waals surface area contributed by atoms with Gasteiger partial charge >= 0.3 is 5.97 Å². The Kier molecular flexibility index (Phi) is 19.6. The fourth-order valence-corrected chi connectivity index (χ4v) is 8.14. The minimum absolute atomic E-state index is 0.0829. The highest BCUT2D eigenvalue weighted by atomic mass is 16.5. The molecule has 2 aromatic rings. The van der Waals surface area contributed by atoms with Crippen LogP contribution < -0.4 is 16.4 Å². The van der Waals surface area contributed by atoms with Crippen molar-refractivity contribution in [2.24, 2.45) is 23.7 Å². The lowest BCUT2D eigenvalue weighted by Crippen LogP contribution is -2.60. The molecule has 0 aliphatic carbocycles. The summed E-state index contributed by atoms with van der Waals surface area (Å²) in [5.74, 6) is -3.55. The first kappa shape index (κ1) is 50.2. The Bertz CT molecular complexity index is 1820. The highest BCUT2D eigenvalue weighted by molar-refractivity contribution is 5.90. The third-order valence-electron chi connectivity index (χ3n) is 11.7. The Balaban J connectivity index is 1.81. The number of nitrogens with one attached hydrogen (secondary N) is 2. The Morgan fingerprint density at radius 1 is 0.902 bits per heavy atom. The first-order valence-corrected chi connectivity index (χ1v) is 21.1. The van der Waals surface area contributed by atoms with Gasteiger partial charge in [-0.25, -0.2) is 9.78 Å². The van der Waals surface area contributed by atoms with Crippen LogP contribution in [0.4, 0.5) is 5.82 Å². The molecule has 0 spiro atoms. The standard InChI is InChI=1S/C46H69N7O8/c1-12-30(6)41(52(9)45(57)39(28(2)3)50-44(56)40(29(4)5)51(8)27-33-21-22-48-37(47)25-33)36(60-10)26-38(54)53-23-17-16-20-35(53)42(61-11)31(7)43(55)49-34(46(58)59)24-32-18-14-13-15-19-32/h13-23,25,28-31,34-36,39-42H,12,24,26-27H2,1-11H3,(H2,47,48)(H,49,55)(H,50,56)(H,58,59)/t30-,31+,34-,35-,36+,39-,40-,41-,42+/m0/s1. The van der Waals surface area contributed by atoms with Crippen LogP contribution in [0.1, 0.15) is 72.4 Å². The Morgan fingerprint density at radius 2 is 1.57 bits per heavy atom. The maximum atomic E-state index is 14.5. The van der Waals surface area contributed by atoms with Crippen LogP contribution in [-0.2, 0) is 46.4 Å². The second-order valence-corrected chi connectivity index (χ2v) is 16.8. The normalized spacial score (nSPS) is 17.9. The van der Waals surface area contributed by atoms with Gasteiger partial charge in [0, 0.05) is 46.6 Å². The van der Waals surface area contributed by atoms with Gasteiger partial charge in [-0.2, -0.15) is 0 Å². The van der Waals surface area contributed by atoms with Gasteiger partial charge < -0.3 is 40.7 Å². The van der Waals surface area contributed by atoms with Crippen molar-refractivity contribution in [3.8, 4) is 0 Å². The maximum absolute atomic E-state index is 14.5. The number of likely N-dealkylation sites (N-methyl/N-ethyl adjacent to an activating group) is 2. The van der Waals surface area contributed by atoms with E-state index >= 15 is 0 Å². The van der Waals surface area contributed by atoms with Crippen molar-refractivity contribution >= 4 is 35.4 Å². The zero-order valence-corrected chi connectivity index (χ0v) is 37.8.